The summed E-state index contributed by atoms with van der Waals surface area (Å²) < 4.78 is 7.55. The van der Waals surface area contributed by atoms with Gasteiger partial charge in [-0.1, -0.05) is 45.4 Å². The van der Waals surface area contributed by atoms with Crippen LogP contribution in [0.15, 0.2) is 60.2 Å². The fourth-order valence-electron chi connectivity index (χ4n) is 4.15. The standard InChI is InChI=1S/C29H30N4O3S/c1-5-7-16-32(29(35)36-25(10-6-2)20(3)4)22-12-8-11-21(18-22)24-14-15-30-28-23(19-31-33(24)28)27(34)26-13-9-17-37-26/h1,8-9,11-15,17-20,25H,6-7,10,16H2,2-4H3. The third-order valence-electron chi connectivity index (χ3n) is 6.11. The summed E-state index contributed by atoms with van der Waals surface area (Å²) in [5.41, 5.74) is 3.15. The van der Waals surface area contributed by atoms with Gasteiger partial charge < -0.3 is 4.74 Å². The number of fused-ring (bicyclic) bond motifs is 1. The van der Waals surface area contributed by atoms with Crippen LogP contribution in [-0.2, 0) is 4.74 Å². The van der Waals surface area contributed by atoms with Crippen molar-refractivity contribution >= 4 is 34.5 Å². The Morgan fingerprint density at radius 2 is 2.05 bits per heavy atom. The van der Waals surface area contributed by atoms with E-state index in [-0.39, 0.29) is 17.8 Å². The van der Waals surface area contributed by atoms with E-state index in [0.717, 1.165) is 24.1 Å². The van der Waals surface area contributed by atoms with Gasteiger partial charge in [0.1, 0.15) is 6.10 Å². The Hall–Kier alpha value is -3.96. The number of carbonyl (C=O) groups excluding carboxylic acids is 2. The fraction of sp³-hybridized carbons (Fsp3) is 0.310. The van der Waals surface area contributed by atoms with Crippen LogP contribution in [0.1, 0.15) is 55.3 Å². The zero-order chi connectivity index (χ0) is 26.4. The molecule has 0 aliphatic carbocycles. The lowest BCUT2D eigenvalue weighted by atomic mass is 10.0. The molecule has 37 heavy (non-hydrogen) atoms. The summed E-state index contributed by atoms with van der Waals surface area (Å²) in [5, 5.41) is 6.34. The molecule has 4 aromatic rings. The Morgan fingerprint density at radius 3 is 2.76 bits per heavy atom. The van der Waals surface area contributed by atoms with Gasteiger partial charge in [0, 0.05) is 30.4 Å². The fourth-order valence-corrected chi connectivity index (χ4v) is 4.83. The third-order valence-corrected chi connectivity index (χ3v) is 6.98. The Morgan fingerprint density at radius 1 is 1.22 bits per heavy atom. The van der Waals surface area contributed by atoms with Gasteiger partial charge in [0.2, 0.25) is 5.78 Å². The van der Waals surface area contributed by atoms with Crippen molar-refractivity contribution in [2.24, 2.45) is 5.92 Å². The molecule has 1 aromatic carbocycles. The van der Waals surface area contributed by atoms with Crippen molar-refractivity contribution in [3.63, 3.8) is 0 Å². The number of carbonyl (C=O) groups is 2. The second kappa shape index (κ2) is 11.8. The molecule has 3 aromatic heterocycles. The van der Waals surface area contributed by atoms with Crippen molar-refractivity contribution in [1.82, 2.24) is 14.6 Å². The molecule has 8 heteroatoms. The van der Waals surface area contributed by atoms with Crippen LogP contribution in [0.2, 0.25) is 0 Å². The van der Waals surface area contributed by atoms with Crippen molar-refractivity contribution in [2.75, 3.05) is 11.4 Å². The summed E-state index contributed by atoms with van der Waals surface area (Å²) in [6, 6.07) is 13.0. The molecule has 0 spiro atoms. The molecule has 1 amide bonds. The second-order valence-corrected chi connectivity index (χ2v) is 9.99. The monoisotopic (exact) mass is 514 g/mol. The van der Waals surface area contributed by atoms with E-state index in [9.17, 15) is 9.59 Å². The van der Waals surface area contributed by atoms with E-state index in [2.05, 4.69) is 36.8 Å². The smallest absolute Gasteiger partial charge is 0.414 e. The van der Waals surface area contributed by atoms with E-state index in [1.807, 2.05) is 41.8 Å². The first-order valence-electron chi connectivity index (χ1n) is 12.4. The minimum Gasteiger partial charge on any atom is -0.446 e. The molecule has 4 rings (SSSR count). The summed E-state index contributed by atoms with van der Waals surface area (Å²) in [6.07, 6.45) is 10.3. The van der Waals surface area contributed by atoms with Crippen LogP contribution in [-0.4, -0.2) is 39.1 Å². The Balaban J connectivity index is 1.69. The summed E-state index contributed by atoms with van der Waals surface area (Å²) in [4.78, 5) is 32.9. The van der Waals surface area contributed by atoms with E-state index < -0.39 is 6.09 Å². The SMILES string of the molecule is C#CCCN(C(=O)OC(CCC)C(C)C)c1cccc(-c2ccnc3c(C(=O)c4cccs4)cnn23)c1. The molecule has 1 atom stereocenters. The quantitative estimate of drug-likeness (QED) is 0.179. The van der Waals surface area contributed by atoms with Gasteiger partial charge in [0.15, 0.2) is 5.65 Å². The molecule has 0 fully saturated rings. The number of benzene rings is 1. The van der Waals surface area contributed by atoms with Crippen LogP contribution in [0.5, 0.6) is 0 Å². The number of hydrogen-bond donors (Lipinski definition) is 0. The number of nitrogens with zero attached hydrogens (tertiary/aromatic N) is 4. The second-order valence-electron chi connectivity index (χ2n) is 9.04. The first kappa shape index (κ1) is 26.1. The largest absolute Gasteiger partial charge is 0.446 e. The van der Waals surface area contributed by atoms with E-state index in [1.165, 1.54) is 11.3 Å². The predicted molar refractivity (Wildman–Crippen MR) is 147 cm³/mol. The van der Waals surface area contributed by atoms with Crippen molar-refractivity contribution in [3.8, 4) is 23.6 Å². The molecule has 190 valence electrons. The van der Waals surface area contributed by atoms with Gasteiger partial charge in [-0.3, -0.25) is 9.69 Å². The number of rotatable bonds is 10. The zero-order valence-electron chi connectivity index (χ0n) is 21.3. The Kier molecular flexibility index (Phi) is 8.36. The number of thiophene rings is 1. The van der Waals surface area contributed by atoms with Gasteiger partial charge in [-0.15, -0.1) is 23.7 Å². The third kappa shape index (κ3) is 5.73. The molecule has 0 bridgehead atoms. The lowest BCUT2D eigenvalue weighted by Gasteiger charge is -2.27. The lowest BCUT2D eigenvalue weighted by Crippen LogP contribution is -2.36. The van der Waals surface area contributed by atoms with Crippen molar-refractivity contribution < 1.29 is 14.3 Å². The summed E-state index contributed by atoms with van der Waals surface area (Å²) in [6.45, 7) is 6.52. The number of amides is 1. The Bertz CT molecular complexity index is 1420. The van der Waals surface area contributed by atoms with Crippen LogP contribution in [0.3, 0.4) is 0 Å². The molecule has 0 N–H and O–H groups in total. The highest BCUT2D eigenvalue weighted by molar-refractivity contribution is 7.12. The maximum absolute atomic E-state index is 13.3. The van der Waals surface area contributed by atoms with E-state index in [4.69, 9.17) is 11.2 Å². The molecule has 0 aliphatic rings. The van der Waals surface area contributed by atoms with Crippen molar-refractivity contribution in [3.05, 3.63) is 70.7 Å². The summed E-state index contributed by atoms with van der Waals surface area (Å²) in [7, 11) is 0. The zero-order valence-corrected chi connectivity index (χ0v) is 22.1. The van der Waals surface area contributed by atoms with Crippen LogP contribution >= 0.6 is 11.3 Å². The maximum atomic E-state index is 13.3. The number of ether oxygens (including phenoxy) is 1. The molecule has 7 nitrogen and oxygen atoms in total. The summed E-state index contributed by atoms with van der Waals surface area (Å²) in [5.74, 6) is 2.71. The van der Waals surface area contributed by atoms with Gasteiger partial charge >= 0.3 is 6.09 Å². The van der Waals surface area contributed by atoms with Crippen molar-refractivity contribution in [1.29, 1.82) is 0 Å². The van der Waals surface area contributed by atoms with E-state index in [1.54, 1.807) is 27.9 Å². The van der Waals surface area contributed by atoms with Gasteiger partial charge in [0.25, 0.3) is 0 Å². The normalized spacial score (nSPS) is 11.9. The number of aromatic nitrogens is 3. The first-order valence-corrected chi connectivity index (χ1v) is 13.3. The lowest BCUT2D eigenvalue weighted by molar-refractivity contribution is 0.0706. The van der Waals surface area contributed by atoms with E-state index in [0.29, 0.717) is 34.7 Å². The van der Waals surface area contributed by atoms with Crippen LogP contribution < -0.4 is 4.90 Å². The molecule has 3 heterocycles. The molecular weight excluding hydrogens is 484 g/mol. The molecule has 1 unspecified atom stereocenters. The van der Waals surface area contributed by atoms with Gasteiger partial charge in [-0.2, -0.15) is 5.10 Å². The summed E-state index contributed by atoms with van der Waals surface area (Å²) >= 11 is 1.38. The first-order chi connectivity index (χ1) is 17.9. The maximum Gasteiger partial charge on any atom is 0.414 e. The number of anilines is 1. The highest BCUT2D eigenvalue weighted by Gasteiger charge is 2.24. The van der Waals surface area contributed by atoms with Gasteiger partial charge in [0.05, 0.1) is 22.3 Å². The van der Waals surface area contributed by atoms with Crippen molar-refractivity contribution in [2.45, 2.75) is 46.1 Å². The number of ketones is 1. The van der Waals surface area contributed by atoms with Crippen LogP contribution in [0, 0.1) is 18.3 Å². The minimum atomic E-state index is -0.414. The number of terminal acetylenes is 1. The molecular formula is C29H30N4O3S. The Labute approximate surface area is 221 Å². The molecule has 0 saturated heterocycles. The highest BCUT2D eigenvalue weighted by atomic mass is 32.1. The minimum absolute atomic E-state index is 0.113. The van der Waals surface area contributed by atoms with Gasteiger partial charge in [-0.05, 0) is 42.0 Å². The average Bonchev–Trinajstić information content (AvgIpc) is 3.59. The average molecular weight is 515 g/mol. The predicted octanol–water partition coefficient (Wildman–Crippen LogP) is 6.48. The van der Waals surface area contributed by atoms with Gasteiger partial charge in [-0.25, -0.2) is 14.3 Å². The van der Waals surface area contributed by atoms with Crippen LogP contribution in [0.4, 0.5) is 10.5 Å². The van der Waals surface area contributed by atoms with E-state index >= 15 is 0 Å². The topological polar surface area (TPSA) is 76.8 Å². The highest BCUT2D eigenvalue weighted by Crippen LogP contribution is 2.28. The molecule has 0 saturated carbocycles. The number of hydrogen-bond acceptors (Lipinski definition) is 6. The molecule has 0 radical (unpaired) electrons. The molecule has 0 aliphatic heterocycles. The van der Waals surface area contributed by atoms with Crippen LogP contribution in [0.25, 0.3) is 16.9 Å².